The van der Waals surface area contributed by atoms with E-state index in [0.717, 1.165) is 18.2 Å². The van der Waals surface area contributed by atoms with Gasteiger partial charge in [0.25, 0.3) is 5.69 Å². The van der Waals surface area contributed by atoms with E-state index < -0.39 is 28.8 Å². The summed E-state index contributed by atoms with van der Waals surface area (Å²) in [6.07, 6.45) is 0. The van der Waals surface area contributed by atoms with E-state index in [1.165, 1.54) is 18.2 Å². The summed E-state index contributed by atoms with van der Waals surface area (Å²) in [5, 5.41) is 19.7. The second-order valence-corrected chi connectivity index (χ2v) is 4.72. The molecule has 0 aliphatic heterocycles. The molecule has 0 unspecified atom stereocenters. The van der Waals surface area contributed by atoms with Crippen LogP contribution in [0.3, 0.4) is 0 Å². The van der Waals surface area contributed by atoms with Crippen LogP contribution in [0.2, 0.25) is 5.02 Å². The predicted octanol–water partition coefficient (Wildman–Crippen LogP) is 4.34. The highest BCUT2D eigenvalue weighted by atomic mass is 35.5. The molecule has 0 heterocycles. The first kappa shape index (κ1) is 17.4. The van der Waals surface area contributed by atoms with Crippen LogP contribution in [0, 0.1) is 10.1 Å². The van der Waals surface area contributed by atoms with Crippen molar-refractivity contribution in [3.05, 3.63) is 57.1 Å². The topological polar surface area (TPSA) is 98.9 Å². The number of carboxylic acid groups (broad SMARTS) is 1. The summed E-state index contributed by atoms with van der Waals surface area (Å²) in [4.78, 5) is 21.0. The quantitative estimate of drug-likeness (QED) is 0.608. The number of ether oxygens (including phenoxy) is 2. The van der Waals surface area contributed by atoms with Gasteiger partial charge in [-0.15, -0.1) is 0 Å². The Balaban J connectivity index is 2.30. The van der Waals surface area contributed by atoms with Gasteiger partial charge in [0, 0.05) is 18.2 Å². The molecule has 0 aliphatic rings. The fourth-order valence-corrected chi connectivity index (χ4v) is 1.99. The number of hydrogen-bond donors (Lipinski definition) is 1. The normalized spacial score (nSPS) is 10.5. The van der Waals surface area contributed by atoms with Gasteiger partial charge in [0.15, 0.2) is 0 Å². The molecule has 0 aliphatic carbocycles. The van der Waals surface area contributed by atoms with E-state index >= 15 is 0 Å². The Hall–Kier alpha value is -2.94. The summed E-state index contributed by atoms with van der Waals surface area (Å²) in [5.74, 6) is -1.68. The van der Waals surface area contributed by atoms with E-state index in [1.807, 2.05) is 0 Å². The van der Waals surface area contributed by atoms with Gasteiger partial charge in [-0.2, -0.15) is 8.78 Å². The number of nitro groups is 1. The maximum Gasteiger partial charge on any atom is 0.387 e. The van der Waals surface area contributed by atoms with Gasteiger partial charge in [0.2, 0.25) is 0 Å². The fraction of sp³-hybridized carbons (Fsp3) is 0.0714. The minimum Gasteiger partial charge on any atom is -0.477 e. The molecule has 0 radical (unpaired) electrons. The lowest BCUT2D eigenvalue weighted by Gasteiger charge is -2.10. The van der Waals surface area contributed by atoms with Gasteiger partial charge < -0.3 is 14.6 Å². The maximum absolute atomic E-state index is 12.1. The molecule has 1 N–H and O–H groups in total. The van der Waals surface area contributed by atoms with E-state index in [1.54, 1.807) is 0 Å². The van der Waals surface area contributed by atoms with Crippen molar-refractivity contribution in [2.45, 2.75) is 6.61 Å². The van der Waals surface area contributed by atoms with Crippen molar-refractivity contribution in [3.63, 3.8) is 0 Å². The molecule has 24 heavy (non-hydrogen) atoms. The first-order valence-corrected chi connectivity index (χ1v) is 6.59. The Morgan fingerprint density at radius 2 is 1.88 bits per heavy atom. The van der Waals surface area contributed by atoms with Crippen molar-refractivity contribution in [2.24, 2.45) is 0 Å². The molecule has 0 spiro atoms. The van der Waals surface area contributed by atoms with Gasteiger partial charge in [-0.3, -0.25) is 10.1 Å². The van der Waals surface area contributed by atoms with Crippen LogP contribution in [-0.4, -0.2) is 22.6 Å². The van der Waals surface area contributed by atoms with E-state index in [2.05, 4.69) is 4.74 Å². The molecule has 0 fully saturated rings. The molecule has 2 rings (SSSR count). The highest BCUT2D eigenvalue weighted by molar-refractivity contribution is 6.32. The lowest BCUT2D eigenvalue weighted by molar-refractivity contribution is -0.385. The average Bonchev–Trinajstić information content (AvgIpc) is 2.49. The molecule has 0 amide bonds. The second-order valence-electron chi connectivity index (χ2n) is 4.31. The van der Waals surface area contributed by atoms with E-state index in [-0.39, 0.29) is 22.3 Å². The van der Waals surface area contributed by atoms with Crippen LogP contribution in [0.4, 0.5) is 14.5 Å². The first-order valence-electron chi connectivity index (χ1n) is 6.22. The molecule has 7 nitrogen and oxygen atoms in total. The van der Waals surface area contributed by atoms with Crippen LogP contribution in [0.15, 0.2) is 36.4 Å². The number of benzene rings is 2. The van der Waals surface area contributed by atoms with Crippen LogP contribution < -0.4 is 9.47 Å². The van der Waals surface area contributed by atoms with Crippen molar-refractivity contribution in [1.82, 2.24) is 0 Å². The molecule has 2 aromatic carbocycles. The van der Waals surface area contributed by atoms with Crippen LogP contribution in [-0.2, 0) is 0 Å². The summed E-state index contributed by atoms with van der Waals surface area (Å²) in [5.41, 5.74) is -1.16. The largest absolute Gasteiger partial charge is 0.477 e. The van der Waals surface area contributed by atoms with Crippen LogP contribution >= 0.6 is 11.6 Å². The zero-order valence-corrected chi connectivity index (χ0v) is 12.4. The molecular formula is C14H8ClF2NO6. The minimum atomic E-state index is -3.01. The van der Waals surface area contributed by atoms with Crippen LogP contribution in [0.5, 0.6) is 17.2 Å². The van der Waals surface area contributed by atoms with Gasteiger partial charge in [-0.05, 0) is 18.2 Å². The summed E-state index contributed by atoms with van der Waals surface area (Å²) in [7, 11) is 0. The summed E-state index contributed by atoms with van der Waals surface area (Å²) in [6.45, 7) is -3.01. The van der Waals surface area contributed by atoms with Crippen molar-refractivity contribution in [3.8, 4) is 17.2 Å². The van der Waals surface area contributed by atoms with Crippen molar-refractivity contribution in [2.75, 3.05) is 0 Å². The number of alkyl halides is 2. The molecule has 0 saturated carbocycles. The average molecular weight is 360 g/mol. The molecule has 0 atom stereocenters. The van der Waals surface area contributed by atoms with Gasteiger partial charge in [-0.1, -0.05) is 11.6 Å². The lowest BCUT2D eigenvalue weighted by Crippen LogP contribution is -2.03. The number of hydrogen-bond acceptors (Lipinski definition) is 5. The molecule has 10 heteroatoms. The Bertz CT molecular complexity index is 799. The van der Waals surface area contributed by atoms with Crippen LogP contribution in [0.1, 0.15) is 10.4 Å². The third kappa shape index (κ3) is 4.07. The third-order valence-corrected chi connectivity index (χ3v) is 3.05. The third-order valence-electron chi connectivity index (χ3n) is 2.75. The SMILES string of the molecule is O=C(O)c1cc(Oc2ccc(OC(F)F)cc2Cl)ccc1[N+](=O)[O-]. The monoisotopic (exact) mass is 359 g/mol. The lowest BCUT2D eigenvalue weighted by atomic mass is 10.1. The number of halogens is 3. The number of rotatable bonds is 6. The Morgan fingerprint density at radius 3 is 2.42 bits per heavy atom. The van der Waals surface area contributed by atoms with Gasteiger partial charge in [0.05, 0.1) is 9.95 Å². The zero-order chi connectivity index (χ0) is 17.9. The van der Waals surface area contributed by atoms with Crippen molar-refractivity contribution in [1.29, 1.82) is 0 Å². The summed E-state index contributed by atoms with van der Waals surface area (Å²) >= 11 is 5.87. The number of aromatic carboxylic acids is 1. The minimum absolute atomic E-state index is 0.0255. The number of carboxylic acids is 1. The molecule has 0 bridgehead atoms. The highest BCUT2D eigenvalue weighted by Gasteiger charge is 2.21. The van der Waals surface area contributed by atoms with Crippen molar-refractivity contribution < 1.29 is 33.1 Å². The van der Waals surface area contributed by atoms with Gasteiger partial charge in [0.1, 0.15) is 22.8 Å². The number of nitro benzene ring substituents is 1. The maximum atomic E-state index is 12.1. The highest BCUT2D eigenvalue weighted by Crippen LogP contribution is 2.34. The Kier molecular flexibility index (Phi) is 5.14. The molecule has 126 valence electrons. The van der Waals surface area contributed by atoms with E-state index in [4.69, 9.17) is 21.4 Å². The summed E-state index contributed by atoms with van der Waals surface area (Å²) < 4.78 is 33.7. The first-order chi connectivity index (χ1) is 11.3. The predicted molar refractivity (Wildman–Crippen MR) is 78.2 cm³/mol. The Labute approximate surface area is 138 Å². The van der Waals surface area contributed by atoms with Gasteiger partial charge in [-0.25, -0.2) is 4.79 Å². The second kappa shape index (κ2) is 7.09. The smallest absolute Gasteiger partial charge is 0.387 e. The standard InChI is InChI=1S/C14H8ClF2NO6/c15-10-6-8(24-14(16)17)2-4-12(10)23-7-1-3-11(18(21)22)9(5-7)13(19)20/h1-6,14H,(H,19,20). The molecule has 0 aromatic heterocycles. The molecule has 0 saturated heterocycles. The van der Waals surface area contributed by atoms with Crippen LogP contribution in [0.25, 0.3) is 0 Å². The number of carbonyl (C=O) groups is 1. The van der Waals surface area contributed by atoms with Crippen molar-refractivity contribution >= 4 is 23.3 Å². The fourth-order valence-electron chi connectivity index (χ4n) is 1.78. The molecular weight excluding hydrogens is 352 g/mol. The van der Waals surface area contributed by atoms with Gasteiger partial charge >= 0.3 is 12.6 Å². The van der Waals surface area contributed by atoms with E-state index in [0.29, 0.717) is 0 Å². The number of nitrogens with zero attached hydrogens (tertiary/aromatic N) is 1. The summed E-state index contributed by atoms with van der Waals surface area (Å²) in [6, 6.07) is 6.62. The Morgan fingerprint density at radius 1 is 1.21 bits per heavy atom. The molecule has 2 aromatic rings. The zero-order valence-electron chi connectivity index (χ0n) is 11.6. The van der Waals surface area contributed by atoms with E-state index in [9.17, 15) is 23.7 Å².